The molecule has 2 N–H and O–H groups in total. The van der Waals surface area contributed by atoms with Crippen LogP contribution < -0.4 is 10.7 Å². The summed E-state index contributed by atoms with van der Waals surface area (Å²) in [6.45, 7) is 1.52. The van der Waals surface area contributed by atoms with Crippen LogP contribution in [0.4, 0.5) is 10.1 Å². The molecule has 0 atom stereocenters. The molecule has 0 saturated heterocycles. The van der Waals surface area contributed by atoms with Gasteiger partial charge in [-0.2, -0.15) is 0 Å². The Balaban J connectivity index is 1.84. The molecule has 6 heteroatoms. The number of likely N-dealkylation sites (N-methyl/N-ethyl adjacent to an activating group) is 1. The zero-order valence-corrected chi connectivity index (χ0v) is 12.7. The number of para-hydroxylation sites is 1. The number of nitrogens with one attached hydrogen (secondary N) is 2. The van der Waals surface area contributed by atoms with Crippen LogP contribution in [0.1, 0.15) is 15.9 Å². The van der Waals surface area contributed by atoms with Crippen LogP contribution in [-0.4, -0.2) is 36.9 Å². The number of amides is 1. The van der Waals surface area contributed by atoms with Crippen LogP contribution >= 0.6 is 0 Å². The standard InChI is InChI=1S/C17H17FN4O/c1-22-11-10-19-16(21-22)14-4-2-3-5-15(14)20-17(23)12-6-8-13(18)9-7-12/h2-9H,10-11H2,1H3,(H,19,21)(H,20,23). The van der Waals surface area contributed by atoms with Crippen molar-refractivity contribution in [1.82, 2.24) is 10.4 Å². The van der Waals surface area contributed by atoms with Crippen LogP contribution in [0.3, 0.4) is 0 Å². The topological polar surface area (TPSA) is 56.7 Å². The number of hydrogen-bond acceptors (Lipinski definition) is 4. The lowest BCUT2D eigenvalue weighted by Gasteiger charge is -2.25. The number of amidine groups is 1. The van der Waals surface area contributed by atoms with E-state index in [1.54, 1.807) is 0 Å². The molecule has 23 heavy (non-hydrogen) atoms. The Bertz CT molecular complexity index is 743. The van der Waals surface area contributed by atoms with Crippen molar-refractivity contribution in [2.45, 2.75) is 0 Å². The lowest BCUT2D eigenvalue weighted by atomic mass is 10.1. The van der Waals surface area contributed by atoms with E-state index < -0.39 is 0 Å². The van der Waals surface area contributed by atoms with Crippen molar-refractivity contribution in [1.29, 1.82) is 0 Å². The fraction of sp³-hybridized carbons (Fsp3) is 0.176. The van der Waals surface area contributed by atoms with Gasteiger partial charge in [-0.25, -0.2) is 9.40 Å². The minimum atomic E-state index is -0.370. The Labute approximate surface area is 133 Å². The molecule has 1 aliphatic heterocycles. The van der Waals surface area contributed by atoms with Crippen molar-refractivity contribution in [2.75, 3.05) is 25.5 Å². The number of halogens is 1. The molecule has 118 valence electrons. The average molecular weight is 312 g/mol. The Hall–Kier alpha value is -2.73. The van der Waals surface area contributed by atoms with Crippen molar-refractivity contribution in [3.05, 3.63) is 65.5 Å². The summed E-state index contributed by atoms with van der Waals surface area (Å²) in [5, 5.41) is 4.80. The molecule has 5 nitrogen and oxygen atoms in total. The molecule has 0 fully saturated rings. The number of anilines is 1. The lowest BCUT2D eigenvalue weighted by Crippen LogP contribution is -2.45. The van der Waals surface area contributed by atoms with E-state index in [9.17, 15) is 9.18 Å². The first kappa shape index (κ1) is 15.2. The van der Waals surface area contributed by atoms with Crippen molar-refractivity contribution < 1.29 is 9.18 Å². The van der Waals surface area contributed by atoms with E-state index in [0.717, 1.165) is 12.1 Å². The largest absolute Gasteiger partial charge is 0.321 e. The van der Waals surface area contributed by atoms with Crippen molar-refractivity contribution in [3.8, 4) is 0 Å². The summed E-state index contributed by atoms with van der Waals surface area (Å²) in [7, 11) is 1.94. The highest BCUT2D eigenvalue weighted by Gasteiger charge is 2.16. The van der Waals surface area contributed by atoms with Crippen molar-refractivity contribution in [2.24, 2.45) is 4.99 Å². The van der Waals surface area contributed by atoms with E-state index >= 15 is 0 Å². The van der Waals surface area contributed by atoms with Gasteiger partial charge in [0, 0.05) is 24.7 Å². The number of aliphatic imine (C=N–C) groups is 1. The van der Waals surface area contributed by atoms with Crippen LogP contribution in [0.2, 0.25) is 0 Å². The number of hydrazine groups is 1. The van der Waals surface area contributed by atoms with Crippen LogP contribution in [-0.2, 0) is 0 Å². The molecule has 0 aliphatic carbocycles. The number of hydrogen-bond donors (Lipinski definition) is 2. The highest BCUT2D eigenvalue weighted by molar-refractivity contribution is 6.10. The summed E-state index contributed by atoms with van der Waals surface area (Å²) in [6.07, 6.45) is 0. The number of rotatable bonds is 3. The summed E-state index contributed by atoms with van der Waals surface area (Å²) in [5.41, 5.74) is 5.05. The highest BCUT2D eigenvalue weighted by Crippen LogP contribution is 2.18. The minimum absolute atomic E-state index is 0.290. The van der Waals surface area contributed by atoms with Gasteiger partial charge >= 0.3 is 0 Å². The summed E-state index contributed by atoms with van der Waals surface area (Å²) < 4.78 is 13.0. The zero-order chi connectivity index (χ0) is 16.2. The fourth-order valence-electron chi connectivity index (χ4n) is 2.32. The smallest absolute Gasteiger partial charge is 0.255 e. The van der Waals surface area contributed by atoms with Gasteiger partial charge in [0.15, 0.2) is 0 Å². The van der Waals surface area contributed by atoms with Crippen LogP contribution in [0.25, 0.3) is 0 Å². The molecule has 2 aromatic rings. The van der Waals surface area contributed by atoms with Crippen LogP contribution in [0.15, 0.2) is 53.5 Å². The molecule has 0 bridgehead atoms. The monoisotopic (exact) mass is 312 g/mol. The van der Waals surface area contributed by atoms with Crippen LogP contribution in [0, 0.1) is 5.82 Å². The van der Waals surface area contributed by atoms with Gasteiger partial charge in [-0.05, 0) is 36.4 Å². The van der Waals surface area contributed by atoms with E-state index in [4.69, 9.17) is 0 Å². The summed E-state index contributed by atoms with van der Waals surface area (Å²) >= 11 is 0. The Kier molecular flexibility index (Phi) is 4.34. The Morgan fingerprint density at radius 2 is 1.96 bits per heavy atom. The number of benzene rings is 2. The third-order valence-corrected chi connectivity index (χ3v) is 3.54. The van der Waals surface area contributed by atoms with Gasteiger partial charge < -0.3 is 10.7 Å². The predicted octanol–water partition coefficient (Wildman–Crippen LogP) is 2.27. The highest BCUT2D eigenvalue weighted by atomic mass is 19.1. The van der Waals surface area contributed by atoms with Gasteiger partial charge in [0.2, 0.25) is 0 Å². The van der Waals surface area contributed by atoms with E-state index in [1.807, 2.05) is 36.3 Å². The molecule has 1 aliphatic rings. The first-order valence-corrected chi connectivity index (χ1v) is 7.32. The molecule has 2 aromatic carbocycles. The first-order chi connectivity index (χ1) is 11.1. The third-order valence-electron chi connectivity index (χ3n) is 3.54. The third kappa shape index (κ3) is 3.54. The fourth-order valence-corrected chi connectivity index (χ4v) is 2.32. The summed E-state index contributed by atoms with van der Waals surface area (Å²) in [6, 6.07) is 12.9. The molecule has 3 rings (SSSR count). The Morgan fingerprint density at radius 3 is 2.70 bits per heavy atom. The van der Waals surface area contributed by atoms with Gasteiger partial charge in [-0.15, -0.1) is 0 Å². The SMILES string of the molecule is CN1CCN=C(c2ccccc2NC(=O)c2ccc(F)cc2)N1. The first-order valence-electron chi connectivity index (χ1n) is 7.32. The van der Waals surface area contributed by atoms with E-state index in [-0.39, 0.29) is 11.7 Å². The second-order valence-corrected chi connectivity index (χ2v) is 5.27. The molecule has 1 heterocycles. The molecule has 1 amide bonds. The molecular weight excluding hydrogens is 295 g/mol. The molecule has 0 aromatic heterocycles. The maximum atomic E-state index is 13.0. The van der Waals surface area contributed by atoms with Gasteiger partial charge in [0.1, 0.15) is 11.7 Å². The second kappa shape index (κ2) is 6.58. The molecule has 0 saturated carbocycles. The number of nitrogens with zero attached hydrogens (tertiary/aromatic N) is 2. The summed E-state index contributed by atoms with van der Waals surface area (Å²) in [4.78, 5) is 16.8. The van der Waals surface area contributed by atoms with Crippen molar-refractivity contribution in [3.63, 3.8) is 0 Å². The van der Waals surface area contributed by atoms with Crippen molar-refractivity contribution >= 4 is 17.4 Å². The van der Waals surface area contributed by atoms with E-state index in [1.165, 1.54) is 24.3 Å². The second-order valence-electron chi connectivity index (χ2n) is 5.27. The molecular formula is C17H17FN4O. The van der Waals surface area contributed by atoms with E-state index in [2.05, 4.69) is 15.7 Å². The Morgan fingerprint density at radius 1 is 1.22 bits per heavy atom. The average Bonchev–Trinajstić information content (AvgIpc) is 2.56. The quantitative estimate of drug-likeness (QED) is 0.914. The van der Waals surface area contributed by atoms with Crippen LogP contribution in [0.5, 0.6) is 0 Å². The lowest BCUT2D eigenvalue weighted by molar-refractivity contribution is 0.102. The number of carbonyl (C=O) groups excluding carboxylic acids is 1. The van der Waals surface area contributed by atoms with Gasteiger partial charge in [-0.1, -0.05) is 12.1 Å². The molecule has 0 radical (unpaired) electrons. The normalized spacial score (nSPS) is 14.8. The van der Waals surface area contributed by atoms with Gasteiger partial charge in [-0.3, -0.25) is 9.79 Å². The molecule has 0 spiro atoms. The number of carbonyl (C=O) groups is 1. The summed E-state index contributed by atoms with van der Waals surface area (Å²) in [5.74, 6) is 0.0571. The minimum Gasteiger partial charge on any atom is -0.321 e. The molecule has 0 unspecified atom stereocenters. The maximum absolute atomic E-state index is 13.0. The zero-order valence-electron chi connectivity index (χ0n) is 12.7. The van der Waals surface area contributed by atoms with E-state index in [0.29, 0.717) is 23.6 Å². The van der Waals surface area contributed by atoms with Gasteiger partial charge in [0.05, 0.1) is 12.2 Å². The van der Waals surface area contributed by atoms with Gasteiger partial charge in [0.25, 0.3) is 5.91 Å². The predicted molar refractivity (Wildman–Crippen MR) is 88.0 cm³/mol. The maximum Gasteiger partial charge on any atom is 0.255 e.